The molecule has 0 fully saturated rings. The Hall–Kier alpha value is -3.55. The van der Waals surface area contributed by atoms with Crippen molar-refractivity contribution >= 4 is 5.97 Å². The zero-order valence-corrected chi connectivity index (χ0v) is 16.0. The molecule has 1 heterocycles. The van der Waals surface area contributed by atoms with Crippen LogP contribution in [0.3, 0.4) is 0 Å². The van der Waals surface area contributed by atoms with Crippen molar-refractivity contribution in [2.24, 2.45) is 0 Å². The molecule has 0 radical (unpaired) electrons. The van der Waals surface area contributed by atoms with Crippen LogP contribution in [0.25, 0.3) is 11.5 Å². The van der Waals surface area contributed by atoms with Crippen molar-refractivity contribution in [3.05, 3.63) is 53.9 Å². The van der Waals surface area contributed by atoms with Gasteiger partial charge in [-0.25, -0.2) is 4.79 Å². The summed E-state index contributed by atoms with van der Waals surface area (Å²) in [7, 11) is 4.59. The fraction of sp³-hybridized carbons (Fsp3) is 0.250. The van der Waals surface area contributed by atoms with Gasteiger partial charge in [0.2, 0.25) is 5.89 Å². The SMILES string of the molecule is COc1ccc(-c2nnc(C(C)OC(=O)c3ccc(OC)cc3OC)o2)cc1. The Labute approximate surface area is 162 Å². The highest BCUT2D eigenvalue weighted by Gasteiger charge is 2.22. The van der Waals surface area contributed by atoms with Gasteiger partial charge in [0.05, 0.1) is 21.3 Å². The minimum absolute atomic E-state index is 0.187. The maximum absolute atomic E-state index is 12.5. The lowest BCUT2D eigenvalue weighted by Gasteiger charge is -2.12. The van der Waals surface area contributed by atoms with Crippen LogP contribution >= 0.6 is 0 Å². The van der Waals surface area contributed by atoms with Crippen LogP contribution < -0.4 is 14.2 Å². The van der Waals surface area contributed by atoms with Gasteiger partial charge in [-0.2, -0.15) is 0 Å². The summed E-state index contributed by atoms with van der Waals surface area (Å²) in [6.07, 6.45) is -0.737. The number of hydrogen-bond acceptors (Lipinski definition) is 8. The number of benzene rings is 2. The minimum atomic E-state index is -0.737. The molecular formula is C20H20N2O6. The van der Waals surface area contributed by atoms with Gasteiger partial charge in [0.25, 0.3) is 5.89 Å². The first-order valence-corrected chi connectivity index (χ1v) is 8.46. The number of rotatable bonds is 7. The third-order valence-electron chi connectivity index (χ3n) is 4.04. The molecule has 3 aromatic rings. The summed E-state index contributed by atoms with van der Waals surface area (Å²) in [6.45, 7) is 1.65. The summed E-state index contributed by atoms with van der Waals surface area (Å²) in [6, 6.07) is 12.0. The molecule has 0 saturated heterocycles. The number of methoxy groups -OCH3 is 3. The highest BCUT2D eigenvalue weighted by atomic mass is 16.6. The van der Waals surface area contributed by atoms with Gasteiger partial charge in [0, 0.05) is 11.6 Å². The number of esters is 1. The third-order valence-corrected chi connectivity index (χ3v) is 4.04. The number of nitrogens with zero attached hydrogens (tertiary/aromatic N) is 2. The molecule has 146 valence electrons. The predicted molar refractivity (Wildman–Crippen MR) is 99.7 cm³/mol. The Morgan fingerprint density at radius 3 is 2.25 bits per heavy atom. The Balaban J connectivity index is 1.73. The average Bonchev–Trinajstić information content (AvgIpc) is 3.23. The largest absolute Gasteiger partial charge is 0.497 e. The fourth-order valence-electron chi connectivity index (χ4n) is 2.49. The van der Waals surface area contributed by atoms with Crippen LogP contribution in [0, 0.1) is 0 Å². The van der Waals surface area contributed by atoms with Gasteiger partial charge in [0.15, 0.2) is 6.10 Å². The Morgan fingerprint density at radius 2 is 1.61 bits per heavy atom. The van der Waals surface area contributed by atoms with Crippen molar-refractivity contribution < 1.29 is 28.2 Å². The lowest BCUT2D eigenvalue weighted by Crippen LogP contribution is -2.11. The minimum Gasteiger partial charge on any atom is -0.497 e. The predicted octanol–water partition coefficient (Wildman–Crippen LogP) is 3.68. The van der Waals surface area contributed by atoms with E-state index in [0.717, 1.165) is 11.3 Å². The first-order chi connectivity index (χ1) is 13.5. The van der Waals surface area contributed by atoms with E-state index in [0.29, 0.717) is 17.4 Å². The van der Waals surface area contributed by atoms with E-state index in [1.54, 1.807) is 56.5 Å². The van der Waals surface area contributed by atoms with E-state index in [-0.39, 0.29) is 11.5 Å². The number of ether oxygens (including phenoxy) is 4. The molecule has 0 N–H and O–H groups in total. The van der Waals surface area contributed by atoms with Gasteiger partial charge in [-0.15, -0.1) is 10.2 Å². The van der Waals surface area contributed by atoms with Crippen molar-refractivity contribution in [2.75, 3.05) is 21.3 Å². The average molecular weight is 384 g/mol. The normalized spacial score (nSPS) is 11.6. The molecule has 8 heteroatoms. The number of carbonyl (C=O) groups excluding carboxylic acids is 1. The summed E-state index contributed by atoms with van der Waals surface area (Å²) >= 11 is 0. The van der Waals surface area contributed by atoms with Crippen LogP contribution in [0.2, 0.25) is 0 Å². The summed E-state index contributed by atoms with van der Waals surface area (Å²) in [4.78, 5) is 12.5. The van der Waals surface area contributed by atoms with Gasteiger partial charge < -0.3 is 23.4 Å². The number of carbonyl (C=O) groups is 1. The zero-order valence-electron chi connectivity index (χ0n) is 16.0. The summed E-state index contributed by atoms with van der Waals surface area (Å²) in [5, 5.41) is 7.98. The fourth-order valence-corrected chi connectivity index (χ4v) is 2.49. The highest BCUT2D eigenvalue weighted by Crippen LogP contribution is 2.28. The lowest BCUT2D eigenvalue weighted by molar-refractivity contribution is 0.0276. The lowest BCUT2D eigenvalue weighted by atomic mass is 10.2. The smallest absolute Gasteiger partial charge is 0.342 e. The second kappa shape index (κ2) is 8.43. The van der Waals surface area contributed by atoms with Gasteiger partial charge in [-0.05, 0) is 43.3 Å². The Bertz CT molecular complexity index is 952. The molecule has 0 spiro atoms. The molecule has 2 aromatic carbocycles. The van der Waals surface area contributed by atoms with Crippen molar-refractivity contribution in [3.8, 4) is 28.7 Å². The monoisotopic (exact) mass is 384 g/mol. The second-order valence-corrected chi connectivity index (χ2v) is 5.79. The van der Waals surface area contributed by atoms with Crippen LogP contribution in [-0.4, -0.2) is 37.5 Å². The van der Waals surface area contributed by atoms with Crippen LogP contribution in [0.1, 0.15) is 29.3 Å². The first-order valence-electron chi connectivity index (χ1n) is 8.46. The van der Waals surface area contributed by atoms with E-state index < -0.39 is 12.1 Å². The highest BCUT2D eigenvalue weighted by molar-refractivity contribution is 5.92. The molecule has 1 atom stereocenters. The molecule has 1 aromatic heterocycles. The third kappa shape index (κ3) is 4.06. The van der Waals surface area contributed by atoms with E-state index in [2.05, 4.69) is 10.2 Å². The molecular weight excluding hydrogens is 364 g/mol. The standard InChI is InChI=1S/C20H20N2O6/c1-12(27-20(23)16-10-9-15(25-3)11-17(16)26-4)18-21-22-19(28-18)13-5-7-14(24-2)8-6-13/h5-12H,1-4H3. The van der Waals surface area contributed by atoms with E-state index in [9.17, 15) is 4.79 Å². The van der Waals surface area contributed by atoms with Crippen LogP contribution in [0.15, 0.2) is 46.9 Å². The van der Waals surface area contributed by atoms with Crippen molar-refractivity contribution in [2.45, 2.75) is 13.0 Å². The number of aromatic nitrogens is 2. The van der Waals surface area contributed by atoms with E-state index in [4.69, 9.17) is 23.4 Å². The maximum atomic E-state index is 12.5. The van der Waals surface area contributed by atoms with Gasteiger partial charge >= 0.3 is 5.97 Å². The summed E-state index contributed by atoms with van der Waals surface area (Å²) in [5.74, 6) is 1.58. The molecule has 0 aliphatic carbocycles. The van der Waals surface area contributed by atoms with Gasteiger partial charge in [0.1, 0.15) is 22.8 Å². The van der Waals surface area contributed by atoms with E-state index in [1.165, 1.54) is 14.2 Å². The quantitative estimate of drug-likeness (QED) is 0.570. The summed E-state index contributed by atoms with van der Waals surface area (Å²) < 4.78 is 26.6. The Kier molecular flexibility index (Phi) is 5.78. The molecule has 0 amide bonds. The molecule has 0 bridgehead atoms. The van der Waals surface area contributed by atoms with Crippen LogP contribution in [0.5, 0.6) is 17.2 Å². The Morgan fingerprint density at radius 1 is 0.929 bits per heavy atom. The molecule has 8 nitrogen and oxygen atoms in total. The van der Waals surface area contributed by atoms with Gasteiger partial charge in [-0.3, -0.25) is 0 Å². The van der Waals surface area contributed by atoms with Crippen LogP contribution in [-0.2, 0) is 4.74 Å². The summed E-state index contributed by atoms with van der Waals surface area (Å²) in [5.41, 5.74) is 1.000. The topological polar surface area (TPSA) is 92.9 Å². The molecule has 0 aliphatic heterocycles. The molecule has 0 aliphatic rings. The molecule has 0 saturated carbocycles. The number of hydrogen-bond donors (Lipinski definition) is 0. The van der Waals surface area contributed by atoms with Gasteiger partial charge in [-0.1, -0.05) is 0 Å². The first kappa shape index (κ1) is 19.2. The molecule has 28 heavy (non-hydrogen) atoms. The van der Waals surface area contributed by atoms with E-state index in [1.807, 2.05) is 0 Å². The molecule has 1 unspecified atom stereocenters. The van der Waals surface area contributed by atoms with Crippen LogP contribution in [0.4, 0.5) is 0 Å². The zero-order chi connectivity index (χ0) is 20.1. The van der Waals surface area contributed by atoms with Crippen molar-refractivity contribution in [3.63, 3.8) is 0 Å². The second-order valence-electron chi connectivity index (χ2n) is 5.79. The van der Waals surface area contributed by atoms with Crippen molar-refractivity contribution in [1.29, 1.82) is 0 Å². The van der Waals surface area contributed by atoms with Crippen molar-refractivity contribution in [1.82, 2.24) is 10.2 Å². The van der Waals surface area contributed by atoms with E-state index >= 15 is 0 Å². The molecule has 3 rings (SSSR count). The maximum Gasteiger partial charge on any atom is 0.342 e.